The van der Waals surface area contributed by atoms with Crippen LogP contribution >= 0.6 is 11.8 Å². The molecule has 0 spiro atoms. The Labute approximate surface area is 194 Å². The van der Waals surface area contributed by atoms with Gasteiger partial charge in [-0.15, -0.1) is 11.8 Å². The van der Waals surface area contributed by atoms with Gasteiger partial charge < -0.3 is 10.1 Å². The van der Waals surface area contributed by atoms with E-state index in [0.717, 1.165) is 54.9 Å². The SMILES string of the molecule is Cc1ccc(S(=O)(=O)N2CCCCC2)cc1NC(=O)c1ccccc1SC[C@H]1CCCO1. The number of hydrogen-bond donors (Lipinski definition) is 1. The topological polar surface area (TPSA) is 75.7 Å². The van der Waals surface area contributed by atoms with Gasteiger partial charge in [-0.1, -0.05) is 24.6 Å². The maximum atomic E-state index is 13.1. The minimum atomic E-state index is -3.56. The lowest BCUT2D eigenvalue weighted by Crippen LogP contribution is -2.35. The lowest BCUT2D eigenvalue weighted by molar-refractivity contribution is 0.102. The molecule has 32 heavy (non-hydrogen) atoms. The standard InChI is InChI=1S/C24H30N2O4S2/c1-18-11-12-20(32(28,29)26-13-5-2-6-14-26)16-22(18)25-24(27)21-9-3-4-10-23(21)31-17-19-8-7-15-30-19/h3-4,9-12,16,19H,2,5-8,13-15,17H2,1H3,(H,25,27)/t19-/m1/s1. The number of benzene rings is 2. The summed E-state index contributed by atoms with van der Waals surface area (Å²) in [6.45, 7) is 3.77. The first kappa shape index (κ1) is 23.3. The van der Waals surface area contributed by atoms with E-state index in [0.29, 0.717) is 24.3 Å². The molecule has 0 radical (unpaired) electrons. The van der Waals surface area contributed by atoms with Crippen LogP contribution in [0.3, 0.4) is 0 Å². The molecule has 2 aliphatic heterocycles. The Kier molecular flexibility index (Phi) is 7.55. The number of hydrogen-bond acceptors (Lipinski definition) is 5. The monoisotopic (exact) mass is 474 g/mol. The van der Waals surface area contributed by atoms with E-state index < -0.39 is 10.0 Å². The number of amides is 1. The van der Waals surface area contributed by atoms with Crippen LogP contribution in [-0.4, -0.2) is 50.2 Å². The number of nitrogens with one attached hydrogen (secondary N) is 1. The molecule has 2 saturated heterocycles. The van der Waals surface area contributed by atoms with Crippen molar-refractivity contribution in [3.63, 3.8) is 0 Å². The summed E-state index contributed by atoms with van der Waals surface area (Å²) in [7, 11) is -3.56. The van der Waals surface area contributed by atoms with Crippen LogP contribution in [0.2, 0.25) is 0 Å². The van der Waals surface area contributed by atoms with Crippen molar-refractivity contribution in [2.24, 2.45) is 0 Å². The molecule has 2 heterocycles. The van der Waals surface area contributed by atoms with E-state index in [1.54, 1.807) is 40.3 Å². The molecule has 0 aromatic heterocycles. The Bertz CT molecular complexity index is 1060. The average Bonchev–Trinajstić information content (AvgIpc) is 3.33. The number of ether oxygens (including phenoxy) is 1. The highest BCUT2D eigenvalue weighted by atomic mass is 32.2. The van der Waals surface area contributed by atoms with E-state index in [-0.39, 0.29) is 16.9 Å². The van der Waals surface area contributed by atoms with Gasteiger partial charge in [-0.3, -0.25) is 4.79 Å². The fourth-order valence-electron chi connectivity index (χ4n) is 4.08. The first-order valence-corrected chi connectivity index (χ1v) is 13.6. The molecule has 2 aliphatic rings. The summed E-state index contributed by atoms with van der Waals surface area (Å²) in [4.78, 5) is 14.3. The Morgan fingerprint density at radius 2 is 1.91 bits per heavy atom. The smallest absolute Gasteiger partial charge is 0.256 e. The van der Waals surface area contributed by atoms with Crippen LogP contribution in [0.1, 0.15) is 48.0 Å². The molecule has 2 aromatic carbocycles. The zero-order valence-electron chi connectivity index (χ0n) is 18.4. The van der Waals surface area contributed by atoms with Crippen molar-refractivity contribution in [2.45, 2.75) is 54.9 Å². The summed E-state index contributed by atoms with van der Waals surface area (Å²) in [6.07, 6.45) is 5.20. The summed E-state index contributed by atoms with van der Waals surface area (Å²) >= 11 is 1.63. The molecular formula is C24H30N2O4S2. The Morgan fingerprint density at radius 3 is 2.66 bits per heavy atom. The molecule has 8 heteroatoms. The van der Waals surface area contributed by atoms with Gasteiger partial charge in [0.2, 0.25) is 10.0 Å². The lowest BCUT2D eigenvalue weighted by Gasteiger charge is -2.26. The summed E-state index contributed by atoms with van der Waals surface area (Å²) in [6, 6.07) is 12.5. The second kappa shape index (κ2) is 10.4. The molecule has 1 atom stereocenters. The highest BCUT2D eigenvalue weighted by molar-refractivity contribution is 7.99. The second-order valence-electron chi connectivity index (χ2n) is 8.34. The Hall–Kier alpha value is -1.87. The van der Waals surface area contributed by atoms with Crippen molar-refractivity contribution in [1.82, 2.24) is 4.31 Å². The number of sulfonamides is 1. The van der Waals surface area contributed by atoms with Crippen LogP contribution in [-0.2, 0) is 14.8 Å². The summed E-state index contributed by atoms with van der Waals surface area (Å²) in [5.41, 5.74) is 1.92. The fourth-order valence-corrected chi connectivity index (χ4v) is 6.74. The first-order valence-electron chi connectivity index (χ1n) is 11.2. The van der Waals surface area contributed by atoms with Crippen molar-refractivity contribution in [2.75, 3.05) is 30.8 Å². The average molecular weight is 475 g/mol. The number of rotatable bonds is 7. The molecule has 1 N–H and O–H groups in total. The van der Waals surface area contributed by atoms with Gasteiger partial charge in [-0.2, -0.15) is 4.31 Å². The lowest BCUT2D eigenvalue weighted by atomic mass is 10.1. The molecule has 1 amide bonds. The first-order chi connectivity index (χ1) is 15.4. The van der Waals surface area contributed by atoms with Crippen molar-refractivity contribution >= 4 is 33.4 Å². The van der Waals surface area contributed by atoms with Crippen molar-refractivity contribution < 1.29 is 17.9 Å². The van der Waals surface area contributed by atoms with Crippen LogP contribution in [0, 0.1) is 6.92 Å². The van der Waals surface area contributed by atoms with Gasteiger partial charge in [0.25, 0.3) is 5.91 Å². The molecular weight excluding hydrogens is 444 g/mol. The van der Waals surface area contributed by atoms with Crippen LogP contribution in [0.4, 0.5) is 5.69 Å². The van der Waals surface area contributed by atoms with Crippen LogP contribution in [0.15, 0.2) is 52.3 Å². The predicted molar refractivity (Wildman–Crippen MR) is 128 cm³/mol. The minimum absolute atomic E-state index is 0.223. The minimum Gasteiger partial charge on any atom is -0.377 e. The third-order valence-corrected chi connectivity index (χ3v) is 9.09. The van der Waals surface area contributed by atoms with Crippen molar-refractivity contribution in [3.05, 3.63) is 53.6 Å². The molecule has 4 rings (SSSR count). The summed E-state index contributed by atoms with van der Waals surface area (Å²) < 4.78 is 33.4. The van der Waals surface area contributed by atoms with E-state index >= 15 is 0 Å². The maximum absolute atomic E-state index is 13.1. The number of thioether (sulfide) groups is 1. The van der Waals surface area contributed by atoms with Crippen molar-refractivity contribution in [3.8, 4) is 0 Å². The molecule has 2 aromatic rings. The number of aryl methyl sites for hydroxylation is 1. The number of anilines is 1. The van der Waals surface area contributed by atoms with Crippen LogP contribution in [0.5, 0.6) is 0 Å². The largest absolute Gasteiger partial charge is 0.377 e. The highest BCUT2D eigenvalue weighted by Crippen LogP contribution is 2.29. The van der Waals surface area contributed by atoms with Gasteiger partial charge in [-0.05, 0) is 62.4 Å². The zero-order chi connectivity index (χ0) is 22.6. The van der Waals surface area contributed by atoms with Gasteiger partial charge in [0, 0.05) is 36.0 Å². The molecule has 0 bridgehead atoms. The number of piperidine rings is 1. The van der Waals surface area contributed by atoms with E-state index in [4.69, 9.17) is 4.74 Å². The van der Waals surface area contributed by atoms with Crippen LogP contribution in [0.25, 0.3) is 0 Å². The molecule has 172 valence electrons. The van der Waals surface area contributed by atoms with E-state index in [9.17, 15) is 13.2 Å². The second-order valence-corrected chi connectivity index (χ2v) is 11.3. The summed E-state index contributed by atoms with van der Waals surface area (Å²) in [5, 5.41) is 2.94. The van der Waals surface area contributed by atoms with Gasteiger partial charge >= 0.3 is 0 Å². The molecule has 0 unspecified atom stereocenters. The predicted octanol–water partition coefficient (Wildman–Crippen LogP) is 4.69. The van der Waals surface area contributed by atoms with Crippen LogP contribution < -0.4 is 5.32 Å². The van der Waals surface area contributed by atoms with Gasteiger partial charge in [0.05, 0.1) is 16.6 Å². The highest BCUT2D eigenvalue weighted by Gasteiger charge is 2.26. The molecule has 0 aliphatic carbocycles. The molecule has 0 saturated carbocycles. The summed E-state index contributed by atoms with van der Waals surface area (Å²) in [5.74, 6) is 0.573. The van der Waals surface area contributed by atoms with E-state index in [1.807, 2.05) is 25.1 Å². The zero-order valence-corrected chi connectivity index (χ0v) is 20.0. The van der Waals surface area contributed by atoms with Gasteiger partial charge in [-0.25, -0.2) is 8.42 Å². The Morgan fingerprint density at radius 1 is 1.12 bits per heavy atom. The van der Waals surface area contributed by atoms with E-state index in [1.165, 1.54) is 0 Å². The molecule has 6 nitrogen and oxygen atoms in total. The maximum Gasteiger partial charge on any atom is 0.256 e. The third-order valence-electron chi connectivity index (χ3n) is 5.99. The van der Waals surface area contributed by atoms with Gasteiger partial charge in [0.15, 0.2) is 0 Å². The van der Waals surface area contributed by atoms with Gasteiger partial charge in [0.1, 0.15) is 0 Å². The number of nitrogens with zero attached hydrogens (tertiary/aromatic N) is 1. The third kappa shape index (κ3) is 5.36. The quantitative estimate of drug-likeness (QED) is 0.589. The number of carbonyl (C=O) groups is 1. The molecule has 2 fully saturated rings. The fraction of sp³-hybridized carbons (Fsp3) is 0.458. The normalized spacial score (nSPS) is 19.7. The van der Waals surface area contributed by atoms with Crippen molar-refractivity contribution in [1.29, 1.82) is 0 Å². The van der Waals surface area contributed by atoms with E-state index in [2.05, 4.69) is 5.32 Å². The Balaban J connectivity index is 1.52. The number of carbonyl (C=O) groups excluding carboxylic acids is 1.